The largest absolute Gasteiger partial charge is 0.477 e. The molecular formula is C17H17N8O5S2+. The Kier molecular flexibility index (Phi) is 6.00. The summed E-state index contributed by atoms with van der Waals surface area (Å²) in [6.45, 7) is 0.298. The lowest BCUT2D eigenvalue weighted by molar-refractivity contribution is -0.689. The van der Waals surface area contributed by atoms with Crippen LogP contribution in [0.1, 0.15) is 5.82 Å². The highest BCUT2D eigenvalue weighted by Gasteiger charge is 2.54. The number of nitrogens with two attached hydrogens (primary N) is 1. The number of amides is 2. The minimum atomic E-state index is -1.21. The second-order valence-corrected chi connectivity index (χ2v) is 8.50. The first-order valence-electron chi connectivity index (χ1n) is 9.11. The second kappa shape index (κ2) is 8.88. The molecule has 0 aromatic carbocycles. The molecule has 0 saturated carbocycles. The molecule has 4 heterocycles. The number of aromatic nitrogens is 4. The van der Waals surface area contributed by atoms with Crippen molar-refractivity contribution in [2.45, 2.75) is 18.0 Å². The molecule has 2 aromatic heterocycles. The van der Waals surface area contributed by atoms with E-state index in [1.54, 1.807) is 29.4 Å². The van der Waals surface area contributed by atoms with Gasteiger partial charge in [-0.1, -0.05) is 5.16 Å². The van der Waals surface area contributed by atoms with Crippen molar-refractivity contribution in [3.05, 3.63) is 41.9 Å². The van der Waals surface area contributed by atoms with Gasteiger partial charge in [-0.15, -0.1) is 11.8 Å². The van der Waals surface area contributed by atoms with E-state index in [0.29, 0.717) is 17.9 Å². The number of β-lactam (4-membered cyclic amide) rings is 1. The highest BCUT2D eigenvalue weighted by Crippen LogP contribution is 2.40. The van der Waals surface area contributed by atoms with Crippen LogP contribution in [0.15, 0.2) is 41.2 Å². The Bertz CT molecular complexity index is 1130. The lowest BCUT2D eigenvalue weighted by atomic mass is 10.0. The number of oxime groups is 1. The fraction of sp³-hybridized carbons (Fsp3) is 0.294. The minimum absolute atomic E-state index is 0.0328. The van der Waals surface area contributed by atoms with Gasteiger partial charge in [0.25, 0.3) is 11.8 Å². The van der Waals surface area contributed by atoms with Crippen LogP contribution in [0, 0.1) is 0 Å². The van der Waals surface area contributed by atoms with E-state index in [2.05, 4.69) is 24.8 Å². The molecule has 2 aliphatic heterocycles. The van der Waals surface area contributed by atoms with E-state index in [0.717, 1.165) is 11.5 Å². The molecule has 15 heteroatoms. The number of fused-ring (bicyclic) bond motifs is 1. The van der Waals surface area contributed by atoms with Crippen molar-refractivity contribution in [3.8, 4) is 0 Å². The molecule has 32 heavy (non-hydrogen) atoms. The number of rotatable bonds is 7. The molecular weight excluding hydrogens is 460 g/mol. The Morgan fingerprint density at radius 2 is 2.19 bits per heavy atom. The van der Waals surface area contributed by atoms with Crippen LogP contribution in [0.2, 0.25) is 0 Å². The van der Waals surface area contributed by atoms with Crippen LogP contribution in [0.4, 0.5) is 5.13 Å². The summed E-state index contributed by atoms with van der Waals surface area (Å²) in [5.74, 6) is -2.13. The molecule has 2 amide bonds. The van der Waals surface area contributed by atoms with Crippen molar-refractivity contribution >= 4 is 51.9 Å². The fourth-order valence-electron chi connectivity index (χ4n) is 3.29. The highest BCUT2D eigenvalue weighted by atomic mass is 32.2. The Hall–Kier alpha value is -3.59. The molecule has 0 bridgehead atoms. The maximum absolute atomic E-state index is 12.8. The number of anilines is 1. The van der Waals surface area contributed by atoms with Gasteiger partial charge in [-0.3, -0.25) is 19.5 Å². The van der Waals surface area contributed by atoms with E-state index in [1.165, 1.54) is 23.8 Å². The summed E-state index contributed by atoms with van der Waals surface area (Å²) in [6, 6.07) is -0.935. The van der Waals surface area contributed by atoms with Crippen molar-refractivity contribution in [2.24, 2.45) is 5.16 Å². The van der Waals surface area contributed by atoms with E-state index >= 15 is 0 Å². The smallest absolute Gasteiger partial charge is 0.352 e. The number of nitrogen functional groups attached to an aromatic ring is 1. The van der Waals surface area contributed by atoms with Gasteiger partial charge in [-0.05, 0) is 0 Å². The standard InChI is InChI=1S/C17H16N8O5S2/c1-30-22-9(12-21-17(18)32-23-12)13(26)20-10-14(27)25-11(16(28)29)8(7-31-15(10)25)6-24-4-2-19-3-5-24/h2-5,10,15H,6-7H2,1H3,(H3-,18,20,21,23,26,28,29)/p+1/b22-9-/t10?,15-/m1/s1. The van der Waals surface area contributed by atoms with Crippen molar-refractivity contribution in [3.63, 3.8) is 0 Å². The van der Waals surface area contributed by atoms with Gasteiger partial charge in [0.15, 0.2) is 24.1 Å². The summed E-state index contributed by atoms with van der Waals surface area (Å²) in [6.07, 6.45) is 6.59. The number of hydrogen-bond acceptors (Lipinski definition) is 11. The lowest BCUT2D eigenvalue weighted by Crippen LogP contribution is -2.71. The molecule has 0 spiro atoms. The quantitative estimate of drug-likeness (QED) is 0.186. The van der Waals surface area contributed by atoms with Gasteiger partial charge >= 0.3 is 5.97 Å². The molecule has 4 rings (SSSR count). The summed E-state index contributed by atoms with van der Waals surface area (Å²) in [4.78, 5) is 51.3. The Labute approximate surface area is 189 Å². The Morgan fingerprint density at radius 3 is 2.81 bits per heavy atom. The van der Waals surface area contributed by atoms with Gasteiger partial charge in [0.05, 0.1) is 12.4 Å². The second-order valence-electron chi connectivity index (χ2n) is 6.61. The van der Waals surface area contributed by atoms with E-state index in [1.807, 2.05) is 0 Å². The summed E-state index contributed by atoms with van der Waals surface area (Å²) in [5.41, 5.74) is 5.83. The van der Waals surface area contributed by atoms with E-state index in [9.17, 15) is 19.5 Å². The first kappa shape index (κ1) is 21.6. The third-order valence-corrected chi connectivity index (χ3v) is 6.53. The molecule has 4 N–H and O–H groups in total. The van der Waals surface area contributed by atoms with E-state index in [4.69, 9.17) is 10.6 Å². The molecule has 2 atom stereocenters. The number of nitrogens with zero attached hydrogens (tertiary/aromatic N) is 6. The first-order valence-corrected chi connectivity index (χ1v) is 10.9. The average Bonchev–Trinajstić information content (AvgIpc) is 3.21. The summed E-state index contributed by atoms with van der Waals surface area (Å²) in [5, 5.41) is 15.6. The zero-order valence-corrected chi connectivity index (χ0v) is 18.2. The van der Waals surface area contributed by atoms with Crippen LogP contribution >= 0.6 is 23.3 Å². The van der Waals surface area contributed by atoms with Gasteiger partial charge < -0.3 is 21.0 Å². The van der Waals surface area contributed by atoms with Crippen LogP contribution in [0.25, 0.3) is 0 Å². The zero-order valence-electron chi connectivity index (χ0n) is 16.5. The highest BCUT2D eigenvalue weighted by molar-refractivity contribution is 8.00. The van der Waals surface area contributed by atoms with Crippen LogP contribution in [0.5, 0.6) is 0 Å². The van der Waals surface area contributed by atoms with Crippen LogP contribution in [0.3, 0.4) is 0 Å². The van der Waals surface area contributed by atoms with Crippen LogP contribution < -0.4 is 15.6 Å². The van der Waals surface area contributed by atoms with Gasteiger partial charge in [-0.2, -0.15) is 13.9 Å². The predicted molar refractivity (Wildman–Crippen MR) is 112 cm³/mol. The first-order chi connectivity index (χ1) is 15.4. The van der Waals surface area contributed by atoms with Crippen molar-refractivity contribution < 1.29 is 28.9 Å². The zero-order chi connectivity index (χ0) is 22.8. The molecule has 2 aromatic rings. The molecule has 13 nitrogen and oxygen atoms in total. The van der Waals surface area contributed by atoms with Crippen LogP contribution in [-0.2, 0) is 25.8 Å². The molecule has 1 saturated heterocycles. The van der Waals surface area contributed by atoms with Crippen molar-refractivity contribution in [2.75, 3.05) is 18.6 Å². The van der Waals surface area contributed by atoms with Crippen molar-refractivity contribution in [1.29, 1.82) is 0 Å². The molecule has 0 radical (unpaired) electrons. The maximum Gasteiger partial charge on any atom is 0.352 e. The average molecular weight is 478 g/mol. The molecule has 1 unspecified atom stereocenters. The number of carbonyl (C=O) groups excluding carboxylic acids is 2. The fourth-order valence-corrected chi connectivity index (χ4v) is 5.06. The van der Waals surface area contributed by atoms with Gasteiger partial charge in [0, 0.05) is 22.9 Å². The number of hydrogen-bond donors (Lipinski definition) is 3. The van der Waals surface area contributed by atoms with Gasteiger partial charge in [0.2, 0.25) is 11.5 Å². The summed E-state index contributed by atoms with van der Waals surface area (Å²) >= 11 is 2.24. The van der Waals surface area contributed by atoms with E-state index in [-0.39, 0.29) is 22.4 Å². The number of thioether (sulfide) groups is 1. The number of aliphatic carboxylic acids is 1. The van der Waals surface area contributed by atoms with Gasteiger partial charge in [0.1, 0.15) is 24.2 Å². The number of carboxylic acids is 1. The topological polar surface area (TPSA) is 177 Å². The Balaban J connectivity index is 1.53. The van der Waals surface area contributed by atoms with Crippen molar-refractivity contribution in [1.82, 2.24) is 24.6 Å². The lowest BCUT2D eigenvalue weighted by Gasteiger charge is -2.49. The molecule has 0 aliphatic carbocycles. The number of nitrogens with one attached hydrogen (secondary N) is 1. The van der Waals surface area contributed by atoms with Crippen LogP contribution in [-0.4, -0.2) is 72.1 Å². The Morgan fingerprint density at radius 1 is 1.44 bits per heavy atom. The summed E-state index contributed by atoms with van der Waals surface area (Å²) in [7, 11) is 1.25. The normalized spacial score (nSPS) is 20.5. The molecule has 2 aliphatic rings. The monoisotopic (exact) mass is 477 g/mol. The third kappa shape index (κ3) is 3.99. The molecule has 166 valence electrons. The number of carbonyl (C=O) groups is 3. The SMILES string of the molecule is CO/N=C(\C(=O)NC1C(=O)N2C(C(=O)O)=C(C[n+]3ccncc3)CS[C@H]12)c1nsc(N)n1. The van der Waals surface area contributed by atoms with Gasteiger partial charge in [-0.25, -0.2) is 4.79 Å². The third-order valence-electron chi connectivity index (χ3n) is 4.65. The summed E-state index contributed by atoms with van der Waals surface area (Å²) < 4.78 is 5.71. The van der Waals surface area contributed by atoms with E-state index < -0.39 is 29.2 Å². The minimum Gasteiger partial charge on any atom is -0.477 e. The maximum atomic E-state index is 12.8. The predicted octanol–water partition coefficient (Wildman–Crippen LogP) is -1.41. The number of carboxylic acid groups (broad SMARTS) is 1. The molecule has 1 fully saturated rings.